The number of piperidine rings is 1. The zero-order valence-corrected chi connectivity index (χ0v) is 21.5. The average molecular weight is 480 g/mol. The van der Waals surface area contributed by atoms with Crippen molar-refractivity contribution in [2.24, 2.45) is 17.3 Å². The Labute approximate surface area is 208 Å². The number of aromatic nitrogens is 2. The standard InChI is InChI=1S/C29H41N3O3/c1-21(18-23-10-4-3-5-11-23)26(33)31-17-16-29(35,28(19-31)14-8-9-15-28)20-32-22(2)30-25-13-7-6-12-24(25)27(32)34/h6-7,12-13,21,23,35H,3-5,8-11,14-20H2,1-2H3. The number of benzene rings is 1. The maximum Gasteiger partial charge on any atom is 0.261 e. The van der Waals surface area contributed by atoms with E-state index in [4.69, 9.17) is 0 Å². The molecule has 2 aromatic rings. The number of likely N-dealkylation sites (tertiary alicyclic amines) is 1. The molecule has 35 heavy (non-hydrogen) atoms. The first kappa shape index (κ1) is 24.5. The van der Waals surface area contributed by atoms with Gasteiger partial charge in [0.15, 0.2) is 0 Å². The Kier molecular flexibility index (Phi) is 6.77. The average Bonchev–Trinajstić information content (AvgIpc) is 3.34. The van der Waals surface area contributed by atoms with Crippen LogP contribution in [0.4, 0.5) is 0 Å². The van der Waals surface area contributed by atoms with Crippen LogP contribution in [0.25, 0.3) is 10.9 Å². The Hall–Kier alpha value is -2.21. The van der Waals surface area contributed by atoms with Gasteiger partial charge in [0.05, 0.1) is 23.0 Å². The summed E-state index contributed by atoms with van der Waals surface area (Å²) in [5, 5.41) is 12.8. The van der Waals surface area contributed by atoms with Crippen molar-refractivity contribution in [3.63, 3.8) is 0 Å². The summed E-state index contributed by atoms with van der Waals surface area (Å²) in [7, 11) is 0. The Morgan fingerprint density at radius 2 is 1.83 bits per heavy atom. The summed E-state index contributed by atoms with van der Waals surface area (Å²) < 4.78 is 1.67. The Balaban J connectivity index is 1.37. The van der Waals surface area contributed by atoms with E-state index >= 15 is 0 Å². The van der Waals surface area contributed by atoms with E-state index in [1.54, 1.807) is 4.57 Å². The van der Waals surface area contributed by atoms with E-state index in [1.807, 2.05) is 36.1 Å². The van der Waals surface area contributed by atoms with Crippen molar-refractivity contribution in [2.75, 3.05) is 13.1 Å². The molecule has 0 radical (unpaired) electrons. The van der Waals surface area contributed by atoms with E-state index in [0.29, 0.717) is 42.2 Å². The highest BCUT2D eigenvalue weighted by molar-refractivity contribution is 5.79. The molecular weight excluding hydrogens is 438 g/mol. The molecule has 1 N–H and O–H groups in total. The molecule has 3 fully saturated rings. The minimum absolute atomic E-state index is 0.0392. The van der Waals surface area contributed by atoms with Crippen molar-refractivity contribution in [1.82, 2.24) is 14.5 Å². The Morgan fingerprint density at radius 1 is 1.11 bits per heavy atom. The van der Waals surface area contributed by atoms with Crippen LogP contribution in [0.5, 0.6) is 0 Å². The second-order valence-electron chi connectivity index (χ2n) is 11.7. The molecule has 2 saturated carbocycles. The normalized spacial score (nSPS) is 25.9. The minimum atomic E-state index is -1.02. The van der Waals surface area contributed by atoms with Gasteiger partial charge in [0.1, 0.15) is 5.82 Å². The Bertz CT molecular complexity index is 1130. The highest BCUT2D eigenvalue weighted by Crippen LogP contribution is 2.52. The van der Waals surface area contributed by atoms with Gasteiger partial charge in [-0.25, -0.2) is 4.98 Å². The van der Waals surface area contributed by atoms with Gasteiger partial charge in [-0.05, 0) is 50.7 Å². The first-order chi connectivity index (χ1) is 16.8. The van der Waals surface area contributed by atoms with Crippen LogP contribution >= 0.6 is 0 Å². The van der Waals surface area contributed by atoms with Crippen molar-refractivity contribution in [3.05, 3.63) is 40.4 Å². The summed E-state index contributed by atoms with van der Waals surface area (Å²) in [6, 6.07) is 7.42. The van der Waals surface area contributed by atoms with Crippen LogP contribution in [0.15, 0.2) is 29.1 Å². The zero-order chi connectivity index (χ0) is 24.6. The van der Waals surface area contributed by atoms with Gasteiger partial charge >= 0.3 is 0 Å². The molecule has 2 unspecified atom stereocenters. The number of rotatable bonds is 5. The molecule has 5 rings (SSSR count). The van der Waals surface area contributed by atoms with Crippen LogP contribution in [0.2, 0.25) is 0 Å². The number of aliphatic hydroxyl groups is 1. The van der Waals surface area contributed by atoms with E-state index in [1.165, 1.54) is 32.1 Å². The first-order valence-corrected chi connectivity index (χ1v) is 13.8. The quantitative estimate of drug-likeness (QED) is 0.666. The number of para-hydroxylation sites is 1. The Morgan fingerprint density at radius 3 is 2.57 bits per heavy atom. The van der Waals surface area contributed by atoms with Crippen molar-refractivity contribution in [2.45, 2.75) is 96.6 Å². The van der Waals surface area contributed by atoms with Gasteiger partial charge in [-0.3, -0.25) is 14.2 Å². The lowest BCUT2D eigenvalue weighted by molar-refractivity contribution is -0.163. The number of hydrogen-bond acceptors (Lipinski definition) is 4. The van der Waals surface area contributed by atoms with E-state index in [0.717, 1.165) is 32.1 Å². The molecule has 1 aromatic heterocycles. The van der Waals surface area contributed by atoms with Gasteiger partial charge in [-0.1, -0.05) is 64.0 Å². The lowest BCUT2D eigenvalue weighted by atomic mass is 9.65. The van der Waals surface area contributed by atoms with Gasteiger partial charge in [0.2, 0.25) is 5.91 Å². The zero-order valence-electron chi connectivity index (χ0n) is 21.5. The summed E-state index contributed by atoms with van der Waals surface area (Å²) in [5.41, 5.74) is -0.773. The predicted molar refractivity (Wildman–Crippen MR) is 138 cm³/mol. The molecule has 3 aliphatic rings. The van der Waals surface area contributed by atoms with Gasteiger partial charge in [0.25, 0.3) is 5.56 Å². The summed E-state index contributed by atoms with van der Waals surface area (Å²) in [5.74, 6) is 1.61. The topological polar surface area (TPSA) is 75.4 Å². The van der Waals surface area contributed by atoms with Gasteiger partial charge < -0.3 is 10.0 Å². The monoisotopic (exact) mass is 479 g/mol. The summed E-state index contributed by atoms with van der Waals surface area (Å²) in [4.78, 5) is 33.6. The number of nitrogens with zero attached hydrogens (tertiary/aromatic N) is 3. The second kappa shape index (κ2) is 9.68. The van der Waals surface area contributed by atoms with E-state index in [-0.39, 0.29) is 29.3 Å². The van der Waals surface area contributed by atoms with Gasteiger partial charge in [-0.15, -0.1) is 0 Å². The van der Waals surface area contributed by atoms with Crippen LogP contribution in [0, 0.1) is 24.2 Å². The number of hydrogen-bond donors (Lipinski definition) is 1. The fraction of sp³-hybridized carbons (Fsp3) is 0.690. The van der Waals surface area contributed by atoms with Crippen molar-refractivity contribution in [3.8, 4) is 0 Å². The second-order valence-corrected chi connectivity index (χ2v) is 11.7. The fourth-order valence-electron chi connectivity index (χ4n) is 7.35. The third-order valence-electron chi connectivity index (χ3n) is 9.45. The molecule has 2 heterocycles. The lowest BCUT2D eigenvalue weighted by Crippen LogP contribution is -2.62. The first-order valence-electron chi connectivity index (χ1n) is 13.8. The molecule has 1 amide bonds. The number of aryl methyl sites for hydroxylation is 1. The molecule has 2 aliphatic carbocycles. The molecule has 1 aromatic carbocycles. The highest BCUT2D eigenvalue weighted by atomic mass is 16.3. The molecule has 1 saturated heterocycles. The fourth-order valence-corrected chi connectivity index (χ4v) is 7.35. The van der Waals surface area contributed by atoms with Gasteiger partial charge in [0, 0.05) is 24.4 Å². The molecule has 190 valence electrons. The molecular formula is C29H41N3O3. The van der Waals surface area contributed by atoms with Crippen LogP contribution < -0.4 is 5.56 Å². The van der Waals surface area contributed by atoms with Crippen LogP contribution in [-0.2, 0) is 11.3 Å². The molecule has 1 aliphatic heterocycles. The van der Waals surface area contributed by atoms with E-state index in [2.05, 4.69) is 11.9 Å². The number of fused-ring (bicyclic) bond motifs is 1. The summed E-state index contributed by atoms with van der Waals surface area (Å²) in [6.07, 6.45) is 11.9. The summed E-state index contributed by atoms with van der Waals surface area (Å²) in [6.45, 7) is 5.36. The molecule has 6 heteroatoms. The van der Waals surface area contributed by atoms with Crippen LogP contribution in [0.1, 0.15) is 83.4 Å². The SMILES string of the molecule is Cc1nc2ccccc2c(=O)n1CC1(O)CCN(C(=O)C(C)CC2CCCCC2)CC12CCCC2. The third kappa shape index (κ3) is 4.54. The number of amides is 1. The van der Waals surface area contributed by atoms with E-state index < -0.39 is 5.60 Å². The maximum atomic E-state index is 13.5. The van der Waals surface area contributed by atoms with Gasteiger partial charge in [-0.2, -0.15) is 0 Å². The van der Waals surface area contributed by atoms with Crippen molar-refractivity contribution in [1.29, 1.82) is 0 Å². The third-order valence-corrected chi connectivity index (χ3v) is 9.45. The largest absolute Gasteiger partial charge is 0.387 e. The minimum Gasteiger partial charge on any atom is -0.387 e. The molecule has 0 bridgehead atoms. The number of carbonyl (C=O) groups is 1. The van der Waals surface area contributed by atoms with E-state index in [9.17, 15) is 14.7 Å². The highest BCUT2D eigenvalue weighted by Gasteiger charge is 2.56. The molecule has 2 atom stereocenters. The van der Waals surface area contributed by atoms with Crippen LogP contribution in [-0.4, -0.2) is 44.2 Å². The predicted octanol–water partition coefficient (Wildman–Crippen LogP) is 4.84. The molecule has 6 nitrogen and oxygen atoms in total. The van der Waals surface area contributed by atoms with Crippen molar-refractivity contribution < 1.29 is 9.90 Å². The smallest absolute Gasteiger partial charge is 0.261 e. The lowest BCUT2D eigenvalue weighted by Gasteiger charge is -2.53. The van der Waals surface area contributed by atoms with Crippen molar-refractivity contribution >= 4 is 16.8 Å². The maximum absolute atomic E-state index is 13.5. The molecule has 1 spiro atoms. The summed E-state index contributed by atoms with van der Waals surface area (Å²) >= 11 is 0. The van der Waals surface area contributed by atoms with Crippen LogP contribution in [0.3, 0.4) is 0 Å². The number of carbonyl (C=O) groups excluding carboxylic acids is 1.